The molecule has 3 aromatic rings. The average molecular weight is 684 g/mol. The van der Waals surface area contributed by atoms with E-state index in [1.54, 1.807) is 0 Å². The standard InChI is InChI=1S/C26H36N.C10H13O.2ClH.Ru/c1-8-22-11-9-10-20(4)24(22)27-18-26(7,17-25(27,5)6)23-14-12-21(13-15-23)16-19(2)3;1-8(2)11-10-7-5-4-6-9(10)3;;;/h9-15,18-19H,8,16-17H2,1-7H3;4-8H,3H2,1-2H3;2*1H;/q2*-1;;;+4/p-2. The molecule has 1 heterocycles. The first-order chi connectivity index (χ1) is 19.3. The van der Waals surface area contributed by atoms with Gasteiger partial charge in [-0.1, -0.05) is 87.9 Å². The Morgan fingerprint density at radius 1 is 0.951 bits per heavy atom. The van der Waals surface area contributed by atoms with Gasteiger partial charge in [-0.25, -0.2) is 6.54 Å². The van der Waals surface area contributed by atoms with E-state index in [9.17, 15) is 0 Å². The molecule has 0 N–H and O–H groups in total. The summed E-state index contributed by atoms with van der Waals surface area (Å²) >= 11 is -0.346. The van der Waals surface area contributed by atoms with Gasteiger partial charge in [-0.05, 0) is 76.5 Å². The zero-order valence-electron chi connectivity index (χ0n) is 26.4. The fraction of sp³-hybridized carbons (Fsp3) is 0.444. The molecule has 5 heteroatoms. The third kappa shape index (κ3) is 10.2. The Balaban J connectivity index is 0.000000349. The van der Waals surface area contributed by atoms with Crippen LogP contribution >= 0.6 is 19.4 Å². The molecule has 4 rings (SSSR count). The van der Waals surface area contributed by atoms with Crippen LogP contribution in [0.25, 0.3) is 0 Å². The summed E-state index contributed by atoms with van der Waals surface area (Å²) < 4.78 is 5.48. The number of hydrogen-bond donors (Lipinski definition) is 0. The summed E-state index contributed by atoms with van der Waals surface area (Å²) in [4.78, 5) is 2.56. The van der Waals surface area contributed by atoms with E-state index in [1.807, 2.05) is 38.1 Å². The molecular weight excluding hydrogens is 634 g/mol. The van der Waals surface area contributed by atoms with Gasteiger partial charge in [0.1, 0.15) is 0 Å². The van der Waals surface area contributed by atoms with E-state index in [2.05, 4.69) is 109 Å². The number of para-hydroxylation sites is 2. The van der Waals surface area contributed by atoms with Crippen LogP contribution in [-0.2, 0) is 33.4 Å². The maximum absolute atomic E-state index is 5.48. The van der Waals surface area contributed by atoms with Crippen molar-refractivity contribution >= 4 is 25.1 Å². The van der Waals surface area contributed by atoms with Crippen molar-refractivity contribution in [1.82, 2.24) is 0 Å². The van der Waals surface area contributed by atoms with Gasteiger partial charge in [0.05, 0.1) is 6.10 Å². The number of anilines is 1. The zero-order valence-corrected chi connectivity index (χ0v) is 29.6. The Hall–Kier alpha value is -1.67. The summed E-state index contributed by atoms with van der Waals surface area (Å²) in [6.45, 7) is 26.6. The van der Waals surface area contributed by atoms with Crippen LogP contribution in [0.2, 0.25) is 0 Å². The maximum atomic E-state index is 5.48. The molecule has 0 spiro atoms. The number of ether oxygens (including phenoxy) is 1. The Morgan fingerprint density at radius 2 is 1.56 bits per heavy atom. The van der Waals surface area contributed by atoms with Crippen LogP contribution in [0.3, 0.4) is 0 Å². The van der Waals surface area contributed by atoms with Gasteiger partial charge in [-0.3, -0.25) is 0 Å². The average Bonchev–Trinajstić information content (AvgIpc) is 3.15. The molecule has 3 aromatic carbocycles. The van der Waals surface area contributed by atoms with Crippen molar-refractivity contribution in [1.29, 1.82) is 0 Å². The number of benzene rings is 3. The Labute approximate surface area is 266 Å². The quantitative estimate of drug-likeness (QED) is 0.182. The summed E-state index contributed by atoms with van der Waals surface area (Å²) in [5.41, 5.74) is 8.20. The molecule has 0 bridgehead atoms. The number of aryl methyl sites for hydroxylation is 2. The molecule has 0 saturated carbocycles. The van der Waals surface area contributed by atoms with Crippen LogP contribution in [0.15, 0.2) is 66.7 Å². The molecule has 0 aliphatic carbocycles. The van der Waals surface area contributed by atoms with Gasteiger partial charge >= 0.3 is 34.5 Å². The van der Waals surface area contributed by atoms with Crippen molar-refractivity contribution in [3.63, 3.8) is 0 Å². The van der Waals surface area contributed by atoms with Crippen LogP contribution in [0.4, 0.5) is 5.69 Å². The fourth-order valence-electron chi connectivity index (χ4n) is 5.75. The van der Waals surface area contributed by atoms with Gasteiger partial charge in [0.25, 0.3) is 0 Å². The monoisotopic (exact) mass is 683 g/mol. The predicted octanol–water partition coefficient (Wildman–Crippen LogP) is 10.9. The molecule has 0 aromatic heterocycles. The van der Waals surface area contributed by atoms with Crippen LogP contribution in [0.1, 0.15) is 89.6 Å². The number of rotatable bonds is 7. The van der Waals surface area contributed by atoms with Gasteiger partial charge in [0.15, 0.2) is 0 Å². The van der Waals surface area contributed by atoms with Crippen molar-refractivity contribution in [3.8, 4) is 5.75 Å². The van der Waals surface area contributed by atoms with Crippen LogP contribution < -0.4 is 9.64 Å². The second kappa shape index (κ2) is 16.3. The van der Waals surface area contributed by atoms with Crippen molar-refractivity contribution in [2.45, 2.75) is 98.6 Å². The van der Waals surface area contributed by atoms with Crippen molar-refractivity contribution in [3.05, 3.63) is 108 Å². The molecule has 1 saturated heterocycles. The Morgan fingerprint density at radius 3 is 2.10 bits per heavy atom. The zero-order chi connectivity index (χ0) is 30.8. The SMILES string of the molecule is CCc1cccc(C)c1N1[CH-]C(C)(c2ccc(CC(C)C)cc2)CC1(C)C.[CH2-]c1ccccc1OC(C)C.[Cl][Ru+2][Cl]. The molecule has 1 fully saturated rings. The van der Waals surface area contributed by atoms with Crippen LogP contribution in [0, 0.1) is 26.3 Å². The first kappa shape index (κ1) is 35.5. The molecule has 226 valence electrons. The second-order valence-corrected chi connectivity index (χ2v) is 15.1. The van der Waals surface area contributed by atoms with Crippen molar-refractivity contribution in [2.24, 2.45) is 5.92 Å². The van der Waals surface area contributed by atoms with E-state index in [0.717, 1.165) is 30.6 Å². The van der Waals surface area contributed by atoms with Gasteiger partial charge < -0.3 is 9.64 Å². The van der Waals surface area contributed by atoms with E-state index in [1.165, 1.54) is 27.9 Å². The molecule has 1 aliphatic rings. The predicted molar refractivity (Wildman–Crippen MR) is 177 cm³/mol. The molecule has 0 radical (unpaired) electrons. The first-order valence-corrected chi connectivity index (χ1v) is 19.0. The molecule has 1 atom stereocenters. The normalized spacial score (nSPS) is 17.5. The topological polar surface area (TPSA) is 12.5 Å². The summed E-state index contributed by atoms with van der Waals surface area (Å²) in [5, 5.41) is 0. The molecule has 2 nitrogen and oxygen atoms in total. The van der Waals surface area contributed by atoms with E-state index < -0.39 is 0 Å². The van der Waals surface area contributed by atoms with Gasteiger partial charge in [-0.15, -0.1) is 11.5 Å². The molecule has 1 unspecified atom stereocenters. The number of nitrogens with zero attached hydrogens (tertiary/aromatic N) is 1. The van der Waals surface area contributed by atoms with Crippen molar-refractivity contribution in [2.75, 3.05) is 4.90 Å². The second-order valence-electron chi connectivity index (χ2n) is 12.5. The van der Waals surface area contributed by atoms with Gasteiger partial charge in [0, 0.05) is 17.0 Å². The van der Waals surface area contributed by atoms with Gasteiger partial charge in [-0.2, -0.15) is 18.6 Å². The van der Waals surface area contributed by atoms with E-state index >= 15 is 0 Å². The third-order valence-electron chi connectivity index (χ3n) is 7.40. The number of hydrogen-bond acceptors (Lipinski definition) is 2. The molecular formula is C36H49Cl2NORu. The van der Waals surface area contributed by atoms with E-state index in [4.69, 9.17) is 24.1 Å². The molecule has 1 aliphatic heterocycles. The van der Waals surface area contributed by atoms with Gasteiger partial charge in [0.2, 0.25) is 0 Å². The number of halogens is 2. The van der Waals surface area contributed by atoms with Crippen molar-refractivity contribution < 1.29 is 19.9 Å². The first-order valence-electron chi connectivity index (χ1n) is 14.5. The summed E-state index contributed by atoms with van der Waals surface area (Å²) in [7, 11) is 9.71. The Kier molecular flexibility index (Phi) is 14.1. The molecule has 0 amide bonds. The fourth-order valence-corrected chi connectivity index (χ4v) is 5.75. The van der Waals surface area contributed by atoms with E-state index in [0.29, 0.717) is 5.92 Å². The summed E-state index contributed by atoms with van der Waals surface area (Å²) in [5.74, 6) is 1.58. The molecule has 41 heavy (non-hydrogen) atoms. The minimum absolute atomic E-state index is 0.0627. The summed E-state index contributed by atoms with van der Waals surface area (Å²) in [6, 6.07) is 23.9. The summed E-state index contributed by atoms with van der Waals surface area (Å²) in [6.07, 6.45) is 3.57. The minimum atomic E-state index is -0.346. The van der Waals surface area contributed by atoms with Crippen LogP contribution in [0.5, 0.6) is 5.75 Å². The van der Waals surface area contributed by atoms with E-state index in [-0.39, 0.29) is 32.2 Å². The van der Waals surface area contributed by atoms with Crippen LogP contribution in [-0.4, -0.2) is 11.6 Å². The Bertz CT molecular complexity index is 1210. The third-order valence-corrected chi connectivity index (χ3v) is 7.40.